The largest absolute Gasteiger partial charge is 0.756 e. The van der Waals surface area contributed by atoms with Crippen LogP contribution in [-0.2, 0) is 32.7 Å². The molecule has 0 amide bonds. The maximum Gasteiger partial charge on any atom is 0.306 e. The lowest BCUT2D eigenvalue weighted by atomic mass is 10.1. The SMILES string of the molecule is CCCCCCCC/C=C\CCCCCCCC(=O)OC(COC(=O)CCCCCCCCCCCC)COP(=O)([O-])OCC[N+](C)(C)C. The minimum Gasteiger partial charge on any atom is -0.756 e. The van der Waals surface area contributed by atoms with Crippen LogP contribution in [0.25, 0.3) is 0 Å². The van der Waals surface area contributed by atoms with Crippen molar-refractivity contribution in [1.82, 2.24) is 0 Å². The van der Waals surface area contributed by atoms with Crippen molar-refractivity contribution in [1.29, 1.82) is 0 Å². The molecule has 9 nitrogen and oxygen atoms in total. The van der Waals surface area contributed by atoms with Crippen LogP contribution in [-0.4, -0.2) is 70.0 Å². The van der Waals surface area contributed by atoms with E-state index < -0.39 is 26.5 Å². The van der Waals surface area contributed by atoms with Gasteiger partial charge in [-0.05, 0) is 38.5 Å². The van der Waals surface area contributed by atoms with Gasteiger partial charge in [0.1, 0.15) is 19.8 Å². The molecule has 0 saturated heterocycles. The van der Waals surface area contributed by atoms with Crippen LogP contribution in [0.1, 0.15) is 174 Å². The standard InChI is InChI=1S/C39H76NO8P/c1-6-8-10-12-14-16-18-19-20-21-22-24-26-28-30-32-39(42)48-37(36-47-49(43,44)46-34-33-40(3,4)5)35-45-38(41)31-29-27-25-23-17-15-13-11-9-7-2/h19-20,37H,6-18,21-36H2,1-5H3/b20-19-. The van der Waals surface area contributed by atoms with Gasteiger partial charge >= 0.3 is 11.9 Å². The van der Waals surface area contributed by atoms with Gasteiger partial charge in [0.25, 0.3) is 7.82 Å². The molecule has 0 radical (unpaired) electrons. The summed E-state index contributed by atoms with van der Waals surface area (Å²) in [6.07, 6.45) is 30.9. The van der Waals surface area contributed by atoms with Crippen molar-refractivity contribution in [2.75, 3.05) is 47.5 Å². The number of likely N-dealkylation sites (N-methyl/N-ethyl adjacent to an activating group) is 1. The van der Waals surface area contributed by atoms with Crippen molar-refractivity contribution in [2.45, 2.75) is 180 Å². The van der Waals surface area contributed by atoms with Gasteiger partial charge in [-0.1, -0.05) is 135 Å². The summed E-state index contributed by atoms with van der Waals surface area (Å²) in [6.45, 7) is 4.19. The first-order valence-corrected chi connectivity index (χ1v) is 21.4. The summed E-state index contributed by atoms with van der Waals surface area (Å²) in [5.41, 5.74) is 0. The van der Waals surface area contributed by atoms with E-state index in [2.05, 4.69) is 26.0 Å². The van der Waals surface area contributed by atoms with Crippen molar-refractivity contribution in [3.63, 3.8) is 0 Å². The molecule has 0 aromatic heterocycles. The number of carbonyl (C=O) groups excluding carboxylic acids is 2. The number of unbranched alkanes of at least 4 members (excludes halogenated alkanes) is 20. The summed E-state index contributed by atoms with van der Waals surface area (Å²) in [4.78, 5) is 37.3. The zero-order chi connectivity index (χ0) is 36.5. The van der Waals surface area contributed by atoms with Gasteiger partial charge in [0.2, 0.25) is 0 Å². The minimum absolute atomic E-state index is 0.0297. The molecule has 0 bridgehead atoms. The van der Waals surface area contributed by atoms with Crippen LogP contribution in [0, 0.1) is 0 Å². The van der Waals surface area contributed by atoms with E-state index in [0.717, 1.165) is 51.4 Å². The number of allylic oxidation sites excluding steroid dienone is 2. The zero-order valence-electron chi connectivity index (χ0n) is 32.4. The first-order valence-electron chi connectivity index (χ1n) is 19.9. The molecule has 0 fully saturated rings. The first-order chi connectivity index (χ1) is 23.5. The molecule has 0 rings (SSSR count). The molecule has 0 aliphatic rings. The number of hydrogen-bond donors (Lipinski definition) is 0. The molecular formula is C39H76NO8P. The highest BCUT2D eigenvalue weighted by Gasteiger charge is 2.21. The molecule has 0 spiro atoms. The average molecular weight is 718 g/mol. The predicted octanol–water partition coefficient (Wildman–Crippen LogP) is 10.00. The zero-order valence-corrected chi connectivity index (χ0v) is 33.3. The number of esters is 2. The predicted molar refractivity (Wildman–Crippen MR) is 199 cm³/mol. The molecule has 0 aliphatic heterocycles. The number of carbonyl (C=O) groups is 2. The molecule has 0 aromatic carbocycles. The van der Waals surface area contributed by atoms with Crippen LogP contribution in [0.4, 0.5) is 0 Å². The van der Waals surface area contributed by atoms with E-state index in [1.165, 1.54) is 89.9 Å². The fourth-order valence-electron chi connectivity index (χ4n) is 5.35. The van der Waals surface area contributed by atoms with Gasteiger partial charge < -0.3 is 27.9 Å². The van der Waals surface area contributed by atoms with Crippen LogP contribution in [0.15, 0.2) is 12.2 Å². The molecule has 10 heteroatoms. The second-order valence-corrected chi connectivity index (χ2v) is 16.1. The second kappa shape index (κ2) is 32.6. The number of rotatable bonds is 36. The molecule has 0 N–H and O–H groups in total. The van der Waals surface area contributed by atoms with E-state index in [1.807, 2.05) is 21.1 Å². The van der Waals surface area contributed by atoms with Crippen molar-refractivity contribution in [3.05, 3.63) is 12.2 Å². The lowest BCUT2D eigenvalue weighted by molar-refractivity contribution is -0.870. The lowest BCUT2D eigenvalue weighted by Gasteiger charge is -2.28. The van der Waals surface area contributed by atoms with Gasteiger partial charge in [-0.15, -0.1) is 0 Å². The number of hydrogen-bond acceptors (Lipinski definition) is 8. The van der Waals surface area contributed by atoms with E-state index in [-0.39, 0.29) is 32.0 Å². The number of quaternary nitrogens is 1. The van der Waals surface area contributed by atoms with Gasteiger partial charge in [-0.2, -0.15) is 0 Å². The monoisotopic (exact) mass is 718 g/mol. The third kappa shape index (κ3) is 36.3. The van der Waals surface area contributed by atoms with Crippen molar-refractivity contribution >= 4 is 19.8 Å². The van der Waals surface area contributed by atoms with Crippen molar-refractivity contribution in [2.24, 2.45) is 0 Å². The fraction of sp³-hybridized carbons (Fsp3) is 0.897. The molecule has 49 heavy (non-hydrogen) atoms. The topological polar surface area (TPSA) is 111 Å². The Hall–Kier alpha value is -1.25. The van der Waals surface area contributed by atoms with Gasteiger partial charge in [0, 0.05) is 12.8 Å². The third-order valence-corrected chi connectivity index (χ3v) is 9.50. The summed E-state index contributed by atoms with van der Waals surface area (Å²) in [7, 11) is 1.17. The van der Waals surface area contributed by atoms with Gasteiger partial charge in [0.15, 0.2) is 6.10 Å². The quantitative estimate of drug-likeness (QED) is 0.0207. The highest BCUT2D eigenvalue weighted by atomic mass is 31.2. The molecule has 2 atom stereocenters. The molecular weight excluding hydrogens is 641 g/mol. The smallest absolute Gasteiger partial charge is 0.306 e. The molecule has 0 saturated carbocycles. The van der Waals surface area contributed by atoms with Crippen LogP contribution in [0.2, 0.25) is 0 Å². The van der Waals surface area contributed by atoms with Crippen molar-refractivity contribution in [3.8, 4) is 0 Å². The van der Waals surface area contributed by atoms with Crippen molar-refractivity contribution < 1.29 is 42.1 Å². The fourth-order valence-corrected chi connectivity index (χ4v) is 6.08. The van der Waals surface area contributed by atoms with Gasteiger partial charge in [0.05, 0.1) is 27.7 Å². The highest BCUT2D eigenvalue weighted by Crippen LogP contribution is 2.38. The summed E-state index contributed by atoms with van der Waals surface area (Å²) in [6, 6.07) is 0. The Balaban J connectivity index is 4.41. The first kappa shape index (κ1) is 47.8. The summed E-state index contributed by atoms with van der Waals surface area (Å²) in [5, 5.41) is 0. The van der Waals surface area contributed by atoms with Crippen LogP contribution >= 0.6 is 7.82 Å². The maximum absolute atomic E-state index is 12.6. The lowest BCUT2D eigenvalue weighted by Crippen LogP contribution is -2.37. The Morgan fingerprint density at radius 1 is 0.612 bits per heavy atom. The normalized spacial score (nSPS) is 13.8. The second-order valence-electron chi connectivity index (χ2n) is 14.7. The summed E-state index contributed by atoms with van der Waals surface area (Å²) in [5.74, 6) is -0.842. The average Bonchev–Trinajstić information content (AvgIpc) is 3.04. The minimum atomic E-state index is -4.61. The van der Waals surface area contributed by atoms with E-state index in [0.29, 0.717) is 17.4 Å². The Bertz CT molecular complexity index is 860. The van der Waals surface area contributed by atoms with E-state index in [4.69, 9.17) is 18.5 Å². The van der Waals surface area contributed by atoms with E-state index >= 15 is 0 Å². The molecule has 290 valence electrons. The molecule has 2 unspecified atom stereocenters. The van der Waals surface area contributed by atoms with Gasteiger partial charge in [-0.3, -0.25) is 14.2 Å². The molecule has 0 aromatic rings. The van der Waals surface area contributed by atoms with Crippen LogP contribution < -0.4 is 4.89 Å². The number of ether oxygens (including phenoxy) is 2. The van der Waals surface area contributed by atoms with E-state index in [1.54, 1.807) is 0 Å². The summed E-state index contributed by atoms with van der Waals surface area (Å²) >= 11 is 0. The highest BCUT2D eigenvalue weighted by molar-refractivity contribution is 7.45. The molecule has 0 heterocycles. The van der Waals surface area contributed by atoms with Crippen LogP contribution in [0.5, 0.6) is 0 Å². The number of nitrogens with zero attached hydrogens (tertiary/aromatic N) is 1. The maximum atomic E-state index is 12.6. The Morgan fingerprint density at radius 3 is 1.51 bits per heavy atom. The Labute approximate surface area is 301 Å². The summed E-state index contributed by atoms with van der Waals surface area (Å²) < 4.78 is 33.7. The third-order valence-electron chi connectivity index (χ3n) is 8.54. The van der Waals surface area contributed by atoms with Crippen LogP contribution in [0.3, 0.4) is 0 Å². The number of phosphoric ester groups is 1. The van der Waals surface area contributed by atoms with Gasteiger partial charge in [-0.25, -0.2) is 0 Å². The Kier molecular flexibility index (Phi) is 31.8. The number of phosphoric acid groups is 1. The van der Waals surface area contributed by atoms with E-state index in [9.17, 15) is 19.0 Å². The Morgan fingerprint density at radius 2 is 1.04 bits per heavy atom. The molecule has 0 aliphatic carbocycles.